The Balaban J connectivity index is 1.56. The molecule has 2 heterocycles. The summed E-state index contributed by atoms with van der Waals surface area (Å²) < 4.78 is 7.76. The quantitative estimate of drug-likeness (QED) is 0.470. The molecule has 4 aromatic rings. The Kier molecular flexibility index (Phi) is 3.86. The molecule has 1 aliphatic rings. The molecule has 0 radical (unpaired) electrons. The fourth-order valence-electron chi connectivity index (χ4n) is 3.42. The number of thioether (sulfide) groups is 1. The van der Waals surface area contributed by atoms with Crippen molar-refractivity contribution in [3.8, 4) is 5.75 Å². The number of ether oxygens (including phenoxy) is 1. The molecular weight excluding hydrogens is 340 g/mol. The van der Waals surface area contributed by atoms with Crippen LogP contribution in [-0.4, -0.2) is 21.9 Å². The summed E-state index contributed by atoms with van der Waals surface area (Å²) in [6, 6.07) is 19.4. The Labute approximate surface area is 157 Å². The molecule has 0 saturated heterocycles. The SMILES string of the molecule is COc1ccc2c(c1)c1ncccc1n2Cc1ccc(SC2CC2)cc1. The van der Waals surface area contributed by atoms with Crippen LogP contribution in [0.15, 0.2) is 65.7 Å². The topological polar surface area (TPSA) is 27.1 Å². The Morgan fingerprint density at radius 2 is 1.92 bits per heavy atom. The molecule has 2 aromatic heterocycles. The van der Waals surface area contributed by atoms with Crippen molar-refractivity contribution in [3.05, 3.63) is 66.4 Å². The second-order valence-corrected chi connectivity index (χ2v) is 8.18. The van der Waals surface area contributed by atoms with Crippen molar-refractivity contribution < 1.29 is 4.74 Å². The van der Waals surface area contributed by atoms with Gasteiger partial charge in [-0.1, -0.05) is 12.1 Å². The van der Waals surface area contributed by atoms with Crippen LogP contribution in [0.4, 0.5) is 0 Å². The van der Waals surface area contributed by atoms with Crippen LogP contribution in [0.2, 0.25) is 0 Å². The molecule has 1 saturated carbocycles. The molecule has 0 aliphatic heterocycles. The summed E-state index contributed by atoms with van der Waals surface area (Å²) in [6.45, 7) is 0.840. The first kappa shape index (κ1) is 15.8. The minimum absolute atomic E-state index is 0.840. The third kappa shape index (κ3) is 2.84. The summed E-state index contributed by atoms with van der Waals surface area (Å²) >= 11 is 2.00. The highest BCUT2D eigenvalue weighted by atomic mass is 32.2. The normalized spacial score (nSPS) is 14.2. The van der Waals surface area contributed by atoms with E-state index in [0.717, 1.165) is 34.0 Å². The Hall–Kier alpha value is -2.46. The van der Waals surface area contributed by atoms with Crippen LogP contribution in [-0.2, 0) is 6.54 Å². The van der Waals surface area contributed by atoms with E-state index in [2.05, 4.69) is 52.0 Å². The highest BCUT2D eigenvalue weighted by Gasteiger charge is 2.22. The third-order valence-corrected chi connectivity index (χ3v) is 6.27. The highest BCUT2D eigenvalue weighted by molar-refractivity contribution is 8.00. The van der Waals surface area contributed by atoms with E-state index < -0.39 is 0 Å². The fraction of sp³-hybridized carbons (Fsp3) is 0.227. The maximum Gasteiger partial charge on any atom is 0.119 e. The molecule has 0 N–H and O–H groups in total. The van der Waals surface area contributed by atoms with E-state index in [9.17, 15) is 0 Å². The molecule has 0 unspecified atom stereocenters. The lowest BCUT2D eigenvalue weighted by Gasteiger charge is -2.09. The number of benzene rings is 2. The second kappa shape index (κ2) is 6.36. The van der Waals surface area contributed by atoms with Crippen LogP contribution in [0.1, 0.15) is 18.4 Å². The number of pyridine rings is 1. The van der Waals surface area contributed by atoms with Gasteiger partial charge in [0.05, 0.1) is 23.7 Å². The van der Waals surface area contributed by atoms with Gasteiger partial charge in [0, 0.05) is 28.3 Å². The maximum atomic E-state index is 5.41. The van der Waals surface area contributed by atoms with Crippen molar-refractivity contribution >= 4 is 33.7 Å². The molecule has 0 atom stereocenters. The summed E-state index contributed by atoms with van der Waals surface area (Å²) in [5.41, 5.74) is 4.69. The average molecular weight is 360 g/mol. The lowest BCUT2D eigenvalue weighted by molar-refractivity contribution is 0.415. The minimum Gasteiger partial charge on any atom is -0.497 e. The Bertz CT molecular complexity index is 1080. The van der Waals surface area contributed by atoms with Gasteiger partial charge in [-0.2, -0.15) is 0 Å². The summed E-state index contributed by atoms with van der Waals surface area (Å²) in [6.07, 6.45) is 4.59. The molecule has 0 spiro atoms. The van der Waals surface area contributed by atoms with E-state index in [4.69, 9.17) is 4.74 Å². The molecule has 5 rings (SSSR count). The summed E-state index contributed by atoms with van der Waals surface area (Å²) in [7, 11) is 1.70. The minimum atomic E-state index is 0.840. The number of nitrogens with zero attached hydrogens (tertiary/aromatic N) is 2. The number of rotatable bonds is 5. The molecule has 0 bridgehead atoms. The van der Waals surface area contributed by atoms with Gasteiger partial charge in [-0.05, 0) is 60.9 Å². The smallest absolute Gasteiger partial charge is 0.119 e. The highest BCUT2D eigenvalue weighted by Crippen LogP contribution is 2.39. The number of hydrogen-bond acceptors (Lipinski definition) is 3. The van der Waals surface area contributed by atoms with Crippen molar-refractivity contribution in [1.29, 1.82) is 0 Å². The number of aromatic nitrogens is 2. The monoisotopic (exact) mass is 360 g/mol. The number of methoxy groups -OCH3 is 1. The van der Waals surface area contributed by atoms with Crippen LogP contribution in [0, 0.1) is 0 Å². The van der Waals surface area contributed by atoms with Crippen molar-refractivity contribution in [2.45, 2.75) is 29.5 Å². The maximum absolute atomic E-state index is 5.41. The van der Waals surface area contributed by atoms with Gasteiger partial charge in [0.2, 0.25) is 0 Å². The van der Waals surface area contributed by atoms with E-state index in [1.54, 1.807) is 7.11 Å². The van der Waals surface area contributed by atoms with E-state index in [1.807, 2.05) is 30.1 Å². The van der Waals surface area contributed by atoms with E-state index in [0.29, 0.717) is 0 Å². The van der Waals surface area contributed by atoms with Crippen molar-refractivity contribution in [1.82, 2.24) is 9.55 Å². The number of fused-ring (bicyclic) bond motifs is 3. The molecule has 130 valence electrons. The summed E-state index contributed by atoms with van der Waals surface area (Å²) in [5.74, 6) is 0.864. The third-order valence-electron chi connectivity index (χ3n) is 4.92. The molecule has 1 fully saturated rings. The standard InChI is InChI=1S/C22H20N2OS/c1-25-16-6-11-20-19(13-16)22-21(3-2-12-23-22)24(20)14-15-4-7-17(8-5-15)26-18-9-10-18/h2-8,11-13,18H,9-10,14H2,1H3. The van der Waals surface area contributed by atoms with Crippen LogP contribution < -0.4 is 4.74 Å². The molecular formula is C22H20N2OS. The Morgan fingerprint density at radius 1 is 1.08 bits per heavy atom. The van der Waals surface area contributed by atoms with Gasteiger partial charge in [-0.15, -0.1) is 11.8 Å². The average Bonchev–Trinajstić information content (AvgIpc) is 3.46. The van der Waals surface area contributed by atoms with Crippen molar-refractivity contribution in [3.63, 3.8) is 0 Å². The molecule has 2 aromatic carbocycles. The van der Waals surface area contributed by atoms with Crippen LogP contribution in [0.25, 0.3) is 21.9 Å². The molecule has 3 nitrogen and oxygen atoms in total. The predicted molar refractivity (Wildman–Crippen MR) is 108 cm³/mol. The van der Waals surface area contributed by atoms with Gasteiger partial charge in [0.15, 0.2) is 0 Å². The zero-order chi connectivity index (χ0) is 17.5. The van der Waals surface area contributed by atoms with Crippen LogP contribution >= 0.6 is 11.8 Å². The molecule has 1 aliphatic carbocycles. The van der Waals surface area contributed by atoms with Gasteiger partial charge in [0.1, 0.15) is 5.75 Å². The first-order valence-corrected chi connectivity index (χ1v) is 9.86. The predicted octanol–water partition coefficient (Wildman–Crippen LogP) is 5.50. The second-order valence-electron chi connectivity index (χ2n) is 6.80. The van der Waals surface area contributed by atoms with Gasteiger partial charge in [0.25, 0.3) is 0 Å². The van der Waals surface area contributed by atoms with Gasteiger partial charge in [-0.3, -0.25) is 4.98 Å². The van der Waals surface area contributed by atoms with E-state index in [1.165, 1.54) is 28.8 Å². The van der Waals surface area contributed by atoms with Crippen LogP contribution in [0.3, 0.4) is 0 Å². The summed E-state index contributed by atoms with van der Waals surface area (Å²) in [4.78, 5) is 6.00. The first-order valence-electron chi connectivity index (χ1n) is 8.98. The van der Waals surface area contributed by atoms with E-state index >= 15 is 0 Å². The molecule has 4 heteroatoms. The largest absolute Gasteiger partial charge is 0.497 e. The van der Waals surface area contributed by atoms with Crippen molar-refractivity contribution in [2.75, 3.05) is 7.11 Å². The van der Waals surface area contributed by atoms with Gasteiger partial charge in [-0.25, -0.2) is 0 Å². The zero-order valence-electron chi connectivity index (χ0n) is 14.7. The Morgan fingerprint density at radius 3 is 2.69 bits per heavy atom. The van der Waals surface area contributed by atoms with Crippen molar-refractivity contribution in [2.24, 2.45) is 0 Å². The summed E-state index contributed by atoms with van der Waals surface area (Å²) in [5, 5.41) is 1.99. The lowest BCUT2D eigenvalue weighted by Crippen LogP contribution is -1.99. The van der Waals surface area contributed by atoms with Gasteiger partial charge < -0.3 is 9.30 Å². The lowest BCUT2D eigenvalue weighted by atomic mass is 10.2. The first-order chi connectivity index (χ1) is 12.8. The zero-order valence-corrected chi connectivity index (χ0v) is 15.5. The van der Waals surface area contributed by atoms with Gasteiger partial charge >= 0.3 is 0 Å². The molecule has 26 heavy (non-hydrogen) atoms. The van der Waals surface area contributed by atoms with E-state index in [-0.39, 0.29) is 0 Å². The van der Waals surface area contributed by atoms with Crippen LogP contribution in [0.5, 0.6) is 5.75 Å². The number of hydrogen-bond donors (Lipinski definition) is 0. The molecule has 0 amide bonds. The fourth-order valence-corrected chi connectivity index (χ4v) is 4.47.